The van der Waals surface area contributed by atoms with Crippen LogP contribution in [0.25, 0.3) is 17.7 Å². The number of fused-ring (bicyclic) bond motifs is 1. The van der Waals surface area contributed by atoms with Crippen molar-refractivity contribution >= 4 is 35.3 Å². The monoisotopic (exact) mass is 319 g/mol. The highest BCUT2D eigenvalue weighted by atomic mass is 16.7. The fraction of sp³-hybridized carbons (Fsp3) is 0.100. The van der Waals surface area contributed by atoms with Crippen molar-refractivity contribution in [2.45, 2.75) is 13.8 Å². The molecule has 1 aliphatic carbocycles. The van der Waals surface area contributed by atoms with E-state index in [9.17, 15) is 9.59 Å². The van der Waals surface area contributed by atoms with Gasteiger partial charge in [0, 0.05) is 13.8 Å². The summed E-state index contributed by atoms with van der Waals surface area (Å²) in [6.45, 7) is 2.61. The van der Waals surface area contributed by atoms with E-state index in [-0.39, 0.29) is 5.91 Å². The molecule has 3 rings (SSSR count). The predicted octanol–water partition coefficient (Wildman–Crippen LogP) is 4.09. The van der Waals surface area contributed by atoms with Crippen molar-refractivity contribution in [3.63, 3.8) is 0 Å². The Hall–Kier alpha value is -3.14. The molecule has 0 unspecified atom stereocenters. The van der Waals surface area contributed by atoms with Crippen molar-refractivity contribution in [2.75, 3.05) is 5.06 Å². The maximum absolute atomic E-state index is 11.6. The second kappa shape index (κ2) is 6.54. The van der Waals surface area contributed by atoms with Crippen LogP contribution in [0.4, 0.5) is 5.69 Å². The smallest absolute Gasteiger partial charge is 0.330 e. The van der Waals surface area contributed by atoms with Crippen LogP contribution < -0.4 is 5.06 Å². The van der Waals surface area contributed by atoms with E-state index in [1.807, 2.05) is 24.3 Å². The fourth-order valence-corrected chi connectivity index (χ4v) is 2.61. The van der Waals surface area contributed by atoms with Crippen LogP contribution in [-0.4, -0.2) is 11.9 Å². The third kappa shape index (κ3) is 3.27. The molecule has 0 radical (unpaired) electrons. The van der Waals surface area contributed by atoms with Crippen molar-refractivity contribution in [1.29, 1.82) is 0 Å². The minimum absolute atomic E-state index is 0.357. The van der Waals surface area contributed by atoms with E-state index in [1.165, 1.54) is 25.0 Å². The van der Waals surface area contributed by atoms with Crippen LogP contribution in [-0.2, 0) is 14.4 Å². The highest BCUT2D eigenvalue weighted by Gasteiger charge is 2.15. The molecule has 0 aliphatic heterocycles. The number of allylic oxidation sites excluding steroid dienone is 2. The third-order valence-corrected chi connectivity index (χ3v) is 3.67. The Morgan fingerprint density at radius 3 is 2.33 bits per heavy atom. The van der Waals surface area contributed by atoms with Crippen LogP contribution in [0, 0.1) is 0 Å². The number of amides is 1. The maximum Gasteiger partial charge on any atom is 0.330 e. The van der Waals surface area contributed by atoms with Crippen molar-refractivity contribution in [2.24, 2.45) is 0 Å². The number of hydroxylamine groups is 1. The molecule has 1 amide bonds. The molecule has 2 aromatic rings. The van der Waals surface area contributed by atoms with E-state index in [0.717, 1.165) is 16.2 Å². The summed E-state index contributed by atoms with van der Waals surface area (Å²) in [7, 11) is 0. The zero-order valence-electron chi connectivity index (χ0n) is 13.5. The Kier molecular flexibility index (Phi) is 4.29. The maximum atomic E-state index is 11.6. The summed E-state index contributed by atoms with van der Waals surface area (Å²) >= 11 is 0. The SMILES string of the molecule is CC(=O)ON(C(C)=O)c1ccc(/C=C2/C=Cc3ccccc32)cc1. The van der Waals surface area contributed by atoms with E-state index in [2.05, 4.69) is 30.4 Å². The number of hydrogen-bond acceptors (Lipinski definition) is 3. The molecule has 2 aromatic carbocycles. The molecule has 0 saturated carbocycles. The first kappa shape index (κ1) is 15.7. The molecule has 4 nitrogen and oxygen atoms in total. The fourth-order valence-electron chi connectivity index (χ4n) is 2.61. The van der Waals surface area contributed by atoms with Gasteiger partial charge in [-0.1, -0.05) is 48.6 Å². The second-order valence-corrected chi connectivity index (χ2v) is 5.51. The van der Waals surface area contributed by atoms with E-state index < -0.39 is 5.97 Å². The van der Waals surface area contributed by atoms with Crippen molar-refractivity contribution in [3.05, 3.63) is 71.3 Å². The number of rotatable bonds is 2. The van der Waals surface area contributed by atoms with Crippen molar-refractivity contribution in [3.8, 4) is 0 Å². The summed E-state index contributed by atoms with van der Waals surface area (Å²) in [6, 6.07) is 15.5. The number of carbonyl (C=O) groups is 2. The van der Waals surface area contributed by atoms with E-state index >= 15 is 0 Å². The minimum Gasteiger partial charge on any atom is -0.334 e. The average molecular weight is 319 g/mol. The summed E-state index contributed by atoms with van der Waals surface area (Å²) in [5.74, 6) is -0.895. The number of nitrogens with zero attached hydrogens (tertiary/aromatic N) is 1. The minimum atomic E-state index is -0.538. The summed E-state index contributed by atoms with van der Waals surface area (Å²) in [6.07, 6.45) is 6.25. The first-order chi connectivity index (χ1) is 11.5. The topological polar surface area (TPSA) is 46.6 Å². The molecule has 24 heavy (non-hydrogen) atoms. The lowest BCUT2D eigenvalue weighted by Gasteiger charge is -2.18. The van der Waals surface area contributed by atoms with Gasteiger partial charge in [0.25, 0.3) is 5.91 Å². The molecular weight excluding hydrogens is 302 g/mol. The number of hydrogen-bond donors (Lipinski definition) is 0. The van der Waals surface area contributed by atoms with Gasteiger partial charge in [-0.3, -0.25) is 4.79 Å². The van der Waals surface area contributed by atoms with Crippen LogP contribution in [0.5, 0.6) is 0 Å². The van der Waals surface area contributed by atoms with Gasteiger partial charge in [-0.2, -0.15) is 0 Å². The Labute approximate surface area is 140 Å². The molecule has 0 fully saturated rings. The van der Waals surface area contributed by atoms with Crippen molar-refractivity contribution in [1.82, 2.24) is 0 Å². The summed E-state index contributed by atoms with van der Waals surface area (Å²) < 4.78 is 0. The largest absolute Gasteiger partial charge is 0.334 e. The number of anilines is 1. The van der Waals surface area contributed by atoms with Gasteiger partial charge in [-0.15, -0.1) is 5.06 Å². The van der Waals surface area contributed by atoms with Crippen LogP contribution >= 0.6 is 0 Å². The first-order valence-electron chi connectivity index (χ1n) is 7.63. The predicted molar refractivity (Wildman–Crippen MR) is 94.7 cm³/mol. The molecule has 0 N–H and O–H groups in total. The number of benzene rings is 2. The molecule has 0 bridgehead atoms. The summed E-state index contributed by atoms with van der Waals surface area (Å²) in [5.41, 5.74) is 5.07. The molecular formula is C20H17NO3. The average Bonchev–Trinajstić information content (AvgIpc) is 2.96. The van der Waals surface area contributed by atoms with Gasteiger partial charge in [-0.05, 0) is 40.5 Å². The molecule has 0 heterocycles. The molecule has 1 aliphatic rings. The highest BCUT2D eigenvalue weighted by molar-refractivity contribution is 5.98. The highest BCUT2D eigenvalue weighted by Crippen LogP contribution is 2.30. The molecule has 0 saturated heterocycles. The standard InChI is InChI=1S/C20H17NO3/c1-14(22)21(24-15(2)23)19-11-7-16(8-12-19)13-18-10-9-17-5-3-4-6-20(17)18/h3-13H,1-2H3/b18-13-. The zero-order chi connectivity index (χ0) is 17.1. The zero-order valence-corrected chi connectivity index (χ0v) is 13.5. The van der Waals surface area contributed by atoms with Crippen molar-refractivity contribution < 1.29 is 14.4 Å². The Morgan fingerprint density at radius 1 is 0.958 bits per heavy atom. The molecule has 120 valence electrons. The first-order valence-corrected chi connectivity index (χ1v) is 7.63. The lowest BCUT2D eigenvalue weighted by atomic mass is 10.0. The van der Waals surface area contributed by atoms with E-state index in [4.69, 9.17) is 4.84 Å². The normalized spacial score (nSPS) is 13.7. The van der Waals surface area contributed by atoms with Gasteiger partial charge in [0.05, 0.1) is 5.69 Å². The Bertz CT molecular complexity index is 847. The van der Waals surface area contributed by atoms with E-state index in [0.29, 0.717) is 5.69 Å². The van der Waals surface area contributed by atoms with Crippen LogP contribution in [0.2, 0.25) is 0 Å². The molecule has 4 heteroatoms. The van der Waals surface area contributed by atoms with Crippen LogP contribution in [0.1, 0.15) is 30.5 Å². The molecule has 0 spiro atoms. The van der Waals surface area contributed by atoms with Gasteiger partial charge in [0.15, 0.2) is 0 Å². The van der Waals surface area contributed by atoms with E-state index in [1.54, 1.807) is 12.1 Å². The molecule has 0 aromatic heterocycles. The van der Waals surface area contributed by atoms with Gasteiger partial charge in [0.1, 0.15) is 0 Å². The second-order valence-electron chi connectivity index (χ2n) is 5.51. The van der Waals surface area contributed by atoms with Gasteiger partial charge in [-0.25, -0.2) is 4.79 Å². The summed E-state index contributed by atoms with van der Waals surface area (Å²) in [5, 5.41) is 0.990. The lowest BCUT2D eigenvalue weighted by Crippen LogP contribution is -2.30. The van der Waals surface area contributed by atoms with Crippen LogP contribution in [0.3, 0.4) is 0 Å². The molecule has 0 atom stereocenters. The van der Waals surface area contributed by atoms with Gasteiger partial charge < -0.3 is 4.84 Å². The Morgan fingerprint density at radius 2 is 1.67 bits per heavy atom. The summed E-state index contributed by atoms with van der Waals surface area (Å²) in [4.78, 5) is 27.7. The van der Waals surface area contributed by atoms with Crippen LogP contribution in [0.15, 0.2) is 54.6 Å². The van der Waals surface area contributed by atoms with Gasteiger partial charge >= 0.3 is 5.97 Å². The van der Waals surface area contributed by atoms with Gasteiger partial charge in [0.2, 0.25) is 0 Å². The third-order valence-electron chi connectivity index (χ3n) is 3.67. The Balaban J connectivity index is 1.85. The number of carbonyl (C=O) groups excluding carboxylic acids is 2. The lowest BCUT2D eigenvalue weighted by molar-refractivity contribution is -0.147. The quantitative estimate of drug-likeness (QED) is 0.783.